The molecular weight excluding hydrogens is 283 g/mol. The van der Waals surface area contributed by atoms with Gasteiger partial charge in [0.2, 0.25) is 10.0 Å². The van der Waals surface area contributed by atoms with Gasteiger partial charge in [0.25, 0.3) is 0 Å². The van der Waals surface area contributed by atoms with E-state index in [0.29, 0.717) is 6.54 Å². The van der Waals surface area contributed by atoms with Crippen molar-refractivity contribution < 1.29 is 17.9 Å². The van der Waals surface area contributed by atoms with Gasteiger partial charge in [-0.3, -0.25) is 0 Å². The molecule has 0 amide bonds. The van der Waals surface area contributed by atoms with E-state index in [4.69, 9.17) is 5.11 Å². The lowest BCUT2D eigenvalue weighted by Gasteiger charge is -2.18. The number of hydrogen-bond acceptors (Lipinski definition) is 4. The summed E-state index contributed by atoms with van der Waals surface area (Å²) < 4.78 is 39.8. The minimum absolute atomic E-state index is 0.0309. The number of benzene rings is 1. The van der Waals surface area contributed by atoms with Crippen LogP contribution in [-0.4, -0.2) is 44.6 Å². The minimum atomic E-state index is -3.68. The minimum Gasteiger partial charge on any atom is -0.392 e. The van der Waals surface area contributed by atoms with Crippen molar-refractivity contribution in [2.24, 2.45) is 0 Å². The van der Waals surface area contributed by atoms with E-state index in [1.54, 1.807) is 0 Å². The lowest BCUT2D eigenvalue weighted by Crippen LogP contribution is -2.34. The quantitative estimate of drug-likeness (QED) is 0.750. The third-order valence-electron chi connectivity index (χ3n) is 3.11. The fourth-order valence-electron chi connectivity index (χ4n) is 1.80. The second-order valence-corrected chi connectivity index (χ2v) is 6.10. The van der Waals surface area contributed by atoms with Crippen molar-refractivity contribution in [3.8, 4) is 0 Å². The first-order valence-corrected chi connectivity index (χ1v) is 8.04. The van der Waals surface area contributed by atoms with Gasteiger partial charge in [0, 0.05) is 18.7 Å². The summed E-state index contributed by atoms with van der Waals surface area (Å²) in [6.07, 6.45) is 0. The lowest BCUT2D eigenvalue weighted by molar-refractivity contribution is 0.275. The maximum absolute atomic E-state index is 13.2. The van der Waals surface area contributed by atoms with E-state index in [-0.39, 0.29) is 17.0 Å². The van der Waals surface area contributed by atoms with Gasteiger partial charge in [0.05, 0.1) is 11.5 Å². The Hall–Kier alpha value is -1.02. The van der Waals surface area contributed by atoms with Gasteiger partial charge in [-0.25, -0.2) is 17.5 Å². The zero-order valence-corrected chi connectivity index (χ0v) is 12.6. The third-order valence-corrected chi connectivity index (χ3v) is 4.57. The summed E-state index contributed by atoms with van der Waals surface area (Å²) in [5.41, 5.74) is -0.0309. The number of aliphatic hydroxyl groups excluding tert-OH is 1. The molecule has 0 fully saturated rings. The Bertz CT molecular complexity index is 530. The van der Waals surface area contributed by atoms with Crippen LogP contribution in [0.4, 0.5) is 4.39 Å². The molecule has 0 bridgehead atoms. The molecule has 114 valence electrons. The molecule has 7 heteroatoms. The summed E-state index contributed by atoms with van der Waals surface area (Å²) in [4.78, 5) is 2.05. The van der Waals surface area contributed by atoms with Gasteiger partial charge in [0.1, 0.15) is 5.82 Å². The molecule has 2 N–H and O–H groups in total. The van der Waals surface area contributed by atoms with Crippen LogP contribution in [0.3, 0.4) is 0 Å². The van der Waals surface area contributed by atoms with E-state index < -0.39 is 22.4 Å². The molecule has 0 spiro atoms. The molecule has 0 aliphatic heterocycles. The molecule has 0 unspecified atom stereocenters. The molecule has 5 nitrogen and oxygen atoms in total. The van der Waals surface area contributed by atoms with Gasteiger partial charge in [-0.1, -0.05) is 13.8 Å². The van der Waals surface area contributed by atoms with Gasteiger partial charge in [0.15, 0.2) is 0 Å². The highest BCUT2D eigenvalue weighted by atomic mass is 32.2. The highest BCUT2D eigenvalue weighted by Crippen LogP contribution is 2.14. The second kappa shape index (κ2) is 7.68. The summed E-state index contributed by atoms with van der Waals surface area (Å²) in [7, 11) is -3.68. The molecule has 0 aromatic heterocycles. The van der Waals surface area contributed by atoms with Crippen LogP contribution in [0.1, 0.15) is 19.4 Å². The van der Waals surface area contributed by atoms with Crippen LogP contribution in [0.5, 0.6) is 0 Å². The number of likely N-dealkylation sites (N-methyl/N-ethyl adjacent to an activating group) is 1. The monoisotopic (exact) mass is 304 g/mol. The largest absolute Gasteiger partial charge is 0.392 e. The summed E-state index contributed by atoms with van der Waals surface area (Å²) in [6.45, 7) is 6.08. The molecular formula is C13H21FN2O3S. The number of halogens is 1. The van der Waals surface area contributed by atoms with Gasteiger partial charge in [-0.2, -0.15) is 0 Å². The topological polar surface area (TPSA) is 69.6 Å². The fraction of sp³-hybridized carbons (Fsp3) is 0.538. The Morgan fingerprint density at radius 1 is 1.30 bits per heavy atom. The van der Waals surface area contributed by atoms with E-state index in [1.807, 2.05) is 13.8 Å². The standard InChI is InChI=1S/C13H21FN2O3S/c1-3-16(4-2)8-7-15-20(18,19)12-5-6-13(14)11(9-12)10-17/h5-6,9,15,17H,3-4,7-8,10H2,1-2H3. The van der Waals surface area contributed by atoms with Crippen molar-refractivity contribution in [1.82, 2.24) is 9.62 Å². The molecule has 0 heterocycles. The highest BCUT2D eigenvalue weighted by molar-refractivity contribution is 7.89. The van der Waals surface area contributed by atoms with Crippen molar-refractivity contribution >= 4 is 10.0 Å². The van der Waals surface area contributed by atoms with E-state index >= 15 is 0 Å². The first kappa shape index (κ1) is 17.0. The van der Waals surface area contributed by atoms with Crippen LogP contribution < -0.4 is 4.72 Å². The summed E-state index contributed by atoms with van der Waals surface area (Å²) in [6, 6.07) is 3.38. The number of nitrogens with zero attached hydrogens (tertiary/aromatic N) is 1. The van der Waals surface area contributed by atoms with Gasteiger partial charge in [-0.15, -0.1) is 0 Å². The molecule has 0 atom stereocenters. The first-order chi connectivity index (χ1) is 9.44. The molecule has 0 aliphatic rings. The first-order valence-electron chi connectivity index (χ1n) is 6.55. The molecule has 1 rings (SSSR count). The van der Waals surface area contributed by atoms with Crippen LogP contribution in [-0.2, 0) is 16.6 Å². The molecule has 1 aromatic rings. The molecule has 1 aromatic carbocycles. The second-order valence-electron chi connectivity index (χ2n) is 4.34. The van der Waals surface area contributed by atoms with E-state index in [0.717, 1.165) is 25.2 Å². The number of rotatable bonds is 8. The fourth-order valence-corrected chi connectivity index (χ4v) is 2.87. The Morgan fingerprint density at radius 3 is 2.50 bits per heavy atom. The van der Waals surface area contributed by atoms with Crippen LogP contribution in [0.15, 0.2) is 23.1 Å². The summed E-state index contributed by atoms with van der Waals surface area (Å²) in [5.74, 6) is -0.616. The van der Waals surface area contributed by atoms with Gasteiger partial charge in [-0.05, 0) is 31.3 Å². The Kier molecular flexibility index (Phi) is 6.54. The maximum atomic E-state index is 13.2. The van der Waals surface area contributed by atoms with Crippen molar-refractivity contribution in [3.05, 3.63) is 29.6 Å². The molecule has 0 saturated heterocycles. The van der Waals surface area contributed by atoms with Crippen LogP contribution in [0, 0.1) is 5.82 Å². The SMILES string of the molecule is CCN(CC)CCNS(=O)(=O)c1ccc(F)c(CO)c1. The predicted molar refractivity (Wildman–Crippen MR) is 75.3 cm³/mol. The average molecular weight is 304 g/mol. The van der Waals surface area contributed by atoms with Gasteiger partial charge >= 0.3 is 0 Å². The van der Waals surface area contributed by atoms with E-state index in [9.17, 15) is 12.8 Å². The molecule has 20 heavy (non-hydrogen) atoms. The van der Waals surface area contributed by atoms with Crippen molar-refractivity contribution in [1.29, 1.82) is 0 Å². The van der Waals surface area contributed by atoms with Crippen molar-refractivity contribution in [3.63, 3.8) is 0 Å². The molecule has 0 radical (unpaired) electrons. The van der Waals surface area contributed by atoms with Crippen molar-refractivity contribution in [2.45, 2.75) is 25.3 Å². The lowest BCUT2D eigenvalue weighted by atomic mass is 10.2. The number of sulfonamides is 1. The average Bonchev–Trinajstić information content (AvgIpc) is 2.44. The Labute approximate surface area is 119 Å². The zero-order valence-electron chi connectivity index (χ0n) is 11.8. The predicted octanol–water partition coefficient (Wildman–Crippen LogP) is 0.938. The zero-order chi connectivity index (χ0) is 15.2. The number of nitrogens with one attached hydrogen (secondary N) is 1. The van der Waals surface area contributed by atoms with Crippen LogP contribution >= 0.6 is 0 Å². The number of hydrogen-bond donors (Lipinski definition) is 2. The van der Waals surface area contributed by atoms with Crippen LogP contribution in [0.25, 0.3) is 0 Å². The smallest absolute Gasteiger partial charge is 0.240 e. The third kappa shape index (κ3) is 4.52. The van der Waals surface area contributed by atoms with E-state index in [2.05, 4.69) is 9.62 Å². The van der Waals surface area contributed by atoms with Gasteiger partial charge < -0.3 is 10.0 Å². The number of aliphatic hydroxyl groups is 1. The maximum Gasteiger partial charge on any atom is 0.240 e. The van der Waals surface area contributed by atoms with E-state index in [1.165, 1.54) is 6.07 Å². The van der Waals surface area contributed by atoms with Crippen molar-refractivity contribution in [2.75, 3.05) is 26.2 Å². The molecule has 0 saturated carbocycles. The Morgan fingerprint density at radius 2 is 1.95 bits per heavy atom. The highest BCUT2D eigenvalue weighted by Gasteiger charge is 2.15. The summed E-state index contributed by atoms with van der Waals surface area (Å²) >= 11 is 0. The summed E-state index contributed by atoms with van der Waals surface area (Å²) in [5, 5.41) is 8.96. The van der Waals surface area contributed by atoms with Crippen LogP contribution in [0.2, 0.25) is 0 Å². The normalized spacial score (nSPS) is 12.1. The Balaban J connectivity index is 2.74. The molecule has 0 aliphatic carbocycles.